The summed E-state index contributed by atoms with van der Waals surface area (Å²) in [5.74, 6) is 0.846. The molecule has 16 heavy (non-hydrogen) atoms. The summed E-state index contributed by atoms with van der Waals surface area (Å²) < 4.78 is 6.40. The van der Waals surface area contributed by atoms with Crippen LogP contribution in [-0.4, -0.2) is 25.6 Å². The zero-order valence-electron chi connectivity index (χ0n) is 11.0. The van der Waals surface area contributed by atoms with Gasteiger partial charge >= 0.3 is 0 Å². The Morgan fingerprint density at radius 3 is 2.12 bits per heavy atom. The first-order chi connectivity index (χ1) is 7.22. The standard InChI is InChI=1S/C13H24O2Si/c1-13(2,3)16(4,5)15-12-8-11(14)9-6-7-10(9)12/h6-7,9-12,14H,8H2,1-5H3/t9-,10+,11-,12+/m0/s1. The third-order valence-corrected chi connectivity index (χ3v) is 9.10. The molecule has 2 aliphatic rings. The summed E-state index contributed by atoms with van der Waals surface area (Å²) in [6.45, 7) is 11.4. The van der Waals surface area contributed by atoms with Gasteiger partial charge in [0.25, 0.3) is 0 Å². The molecule has 0 aromatic carbocycles. The van der Waals surface area contributed by atoms with Crippen LogP contribution >= 0.6 is 0 Å². The van der Waals surface area contributed by atoms with Gasteiger partial charge in [0.15, 0.2) is 8.32 Å². The topological polar surface area (TPSA) is 29.5 Å². The lowest BCUT2D eigenvalue weighted by Crippen LogP contribution is -2.45. The van der Waals surface area contributed by atoms with E-state index in [9.17, 15) is 5.11 Å². The first-order valence-corrected chi connectivity index (χ1v) is 9.17. The zero-order chi connectivity index (χ0) is 12.1. The SMILES string of the molecule is CC(C)(C)[Si](C)(C)O[C@@H]1C[C@H](O)[C@H]2C=C[C@H]21. The normalized spacial score (nSPS) is 38.4. The molecule has 0 amide bonds. The molecule has 0 aliphatic heterocycles. The second kappa shape index (κ2) is 3.69. The highest BCUT2D eigenvalue weighted by molar-refractivity contribution is 6.74. The maximum absolute atomic E-state index is 9.87. The van der Waals surface area contributed by atoms with Gasteiger partial charge in [-0.15, -0.1) is 0 Å². The Labute approximate surface area is 99.8 Å². The lowest BCUT2D eigenvalue weighted by Gasteiger charge is -2.40. The van der Waals surface area contributed by atoms with Crippen molar-refractivity contribution in [2.75, 3.05) is 0 Å². The molecule has 2 rings (SSSR count). The molecule has 0 heterocycles. The molecule has 1 saturated carbocycles. The smallest absolute Gasteiger partial charge is 0.192 e. The van der Waals surface area contributed by atoms with Gasteiger partial charge in [-0.3, -0.25) is 0 Å². The van der Waals surface area contributed by atoms with Crippen molar-refractivity contribution in [3.8, 4) is 0 Å². The quantitative estimate of drug-likeness (QED) is 0.594. The zero-order valence-corrected chi connectivity index (χ0v) is 12.0. The summed E-state index contributed by atoms with van der Waals surface area (Å²) in [5, 5.41) is 10.1. The van der Waals surface area contributed by atoms with Crippen LogP contribution in [0.15, 0.2) is 12.2 Å². The van der Waals surface area contributed by atoms with Gasteiger partial charge in [0, 0.05) is 11.8 Å². The van der Waals surface area contributed by atoms with Crippen LogP contribution in [0.3, 0.4) is 0 Å². The molecule has 92 valence electrons. The summed E-state index contributed by atoms with van der Waals surface area (Å²) in [7, 11) is -1.68. The number of hydrogen-bond donors (Lipinski definition) is 1. The Hall–Kier alpha value is -0.123. The maximum Gasteiger partial charge on any atom is 0.192 e. The Morgan fingerprint density at radius 1 is 1.19 bits per heavy atom. The fraction of sp³-hybridized carbons (Fsp3) is 0.846. The first kappa shape index (κ1) is 12.3. The molecule has 1 N–H and O–H groups in total. The van der Waals surface area contributed by atoms with E-state index >= 15 is 0 Å². The lowest BCUT2D eigenvalue weighted by molar-refractivity contribution is 0.132. The molecule has 1 fully saturated rings. The van der Waals surface area contributed by atoms with Gasteiger partial charge in [-0.05, 0) is 24.6 Å². The second-order valence-corrected chi connectivity index (χ2v) is 11.5. The van der Waals surface area contributed by atoms with Crippen LogP contribution in [0.1, 0.15) is 27.2 Å². The largest absolute Gasteiger partial charge is 0.413 e. The Kier molecular flexibility index (Phi) is 2.84. The molecule has 3 heteroatoms. The van der Waals surface area contributed by atoms with Crippen molar-refractivity contribution in [3.63, 3.8) is 0 Å². The predicted molar refractivity (Wildman–Crippen MR) is 68.8 cm³/mol. The Morgan fingerprint density at radius 2 is 1.75 bits per heavy atom. The number of rotatable bonds is 2. The summed E-state index contributed by atoms with van der Waals surface area (Å²) in [6, 6.07) is 0. The summed E-state index contributed by atoms with van der Waals surface area (Å²) in [4.78, 5) is 0. The average Bonchev–Trinajstić information content (AvgIpc) is 2.15. The monoisotopic (exact) mass is 240 g/mol. The van der Waals surface area contributed by atoms with Gasteiger partial charge < -0.3 is 9.53 Å². The molecule has 0 unspecified atom stereocenters. The van der Waals surface area contributed by atoms with Gasteiger partial charge in [-0.25, -0.2) is 0 Å². The molecular formula is C13H24O2Si. The van der Waals surface area contributed by atoms with Crippen LogP contribution < -0.4 is 0 Å². The molecule has 2 aliphatic carbocycles. The van der Waals surface area contributed by atoms with Gasteiger partial charge in [0.05, 0.1) is 12.2 Å². The van der Waals surface area contributed by atoms with E-state index < -0.39 is 8.32 Å². The highest BCUT2D eigenvalue weighted by Gasteiger charge is 2.48. The van der Waals surface area contributed by atoms with Gasteiger partial charge in [-0.1, -0.05) is 32.9 Å². The van der Waals surface area contributed by atoms with Crippen LogP contribution in [0.4, 0.5) is 0 Å². The van der Waals surface area contributed by atoms with Crippen molar-refractivity contribution in [1.29, 1.82) is 0 Å². The highest BCUT2D eigenvalue weighted by Crippen LogP contribution is 2.46. The minimum absolute atomic E-state index is 0.176. The highest BCUT2D eigenvalue weighted by atomic mass is 28.4. The fourth-order valence-corrected chi connectivity index (χ4v) is 3.72. The average molecular weight is 240 g/mol. The number of hydrogen-bond acceptors (Lipinski definition) is 2. The lowest BCUT2D eigenvalue weighted by atomic mass is 9.84. The molecule has 0 radical (unpaired) electrons. The number of aliphatic hydroxyl groups excluding tert-OH is 1. The van der Waals surface area contributed by atoms with E-state index in [1.165, 1.54) is 0 Å². The molecule has 0 spiro atoms. The predicted octanol–water partition coefficient (Wildman–Crippen LogP) is 2.94. The van der Waals surface area contributed by atoms with Crippen molar-refractivity contribution >= 4 is 8.32 Å². The van der Waals surface area contributed by atoms with E-state index in [0.29, 0.717) is 11.8 Å². The summed E-state index contributed by atoms with van der Waals surface area (Å²) in [6.07, 6.45) is 5.23. The van der Waals surface area contributed by atoms with Crippen molar-refractivity contribution < 1.29 is 9.53 Å². The van der Waals surface area contributed by atoms with E-state index in [-0.39, 0.29) is 17.2 Å². The van der Waals surface area contributed by atoms with Crippen LogP contribution in [-0.2, 0) is 4.43 Å². The van der Waals surface area contributed by atoms with Crippen LogP contribution in [0.25, 0.3) is 0 Å². The molecule has 0 bridgehead atoms. The maximum atomic E-state index is 9.87. The van der Waals surface area contributed by atoms with Gasteiger partial charge in [0.1, 0.15) is 0 Å². The number of aliphatic hydroxyl groups is 1. The third kappa shape index (κ3) is 1.89. The van der Waals surface area contributed by atoms with Gasteiger partial charge in [0.2, 0.25) is 0 Å². The summed E-state index contributed by atoms with van der Waals surface area (Å²) in [5.41, 5.74) is 0. The van der Waals surface area contributed by atoms with Crippen molar-refractivity contribution in [1.82, 2.24) is 0 Å². The molecule has 2 nitrogen and oxygen atoms in total. The fourth-order valence-electron chi connectivity index (χ4n) is 2.36. The molecule has 0 aromatic rings. The molecule has 4 atom stereocenters. The van der Waals surface area contributed by atoms with Crippen LogP contribution in [0, 0.1) is 11.8 Å². The van der Waals surface area contributed by atoms with E-state index in [1.54, 1.807) is 0 Å². The minimum Gasteiger partial charge on any atom is -0.413 e. The first-order valence-electron chi connectivity index (χ1n) is 6.26. The Balaban J connectivity index is 2.04. The molecular weight excluding hydrogens is 216 g/mol. The van der Waals surface area contributed by atoms with E-state index in [1.807, 2.05) is 0 Å². The van der Waals surface area contributed by atoms with E-state index in [0.717, 1.165) is 6.42 Å². The summed E-state index contributed by atoms with van der Waals surface area (Å²) >= 11 is 0. The Bertz CT molecular complexity index is 304. The van der Waals surface area contributed by atoms with E-state index in [2.05, 4.69) is 46.0 Å². The minimum atomic E-state index is -1.68. The molecule has 0 aromatic heterocycles. The molecule has 0 saturated heterocycles. The van der Waals surface area contributed by atoms with Gasteiger partial charge in [-0.2, -0.15) is 0 Å². The number of fused-ring (bicyclic) bond motifs is 1. The second-order valence-electron chi connectivity index (χ2n) is 6.76. The third-order valence-electron chi connectivity index (χ3n) is 4.60. The van der Waals surface area contributed by atoms with Crippen LogP contribution in [0.2, 0.25) is 18.1 Å². The van der Waals surface area contributed by atoms with Crippen molar-refractivity contribution in [2.45, 2.75) is 57.5 Å². The van der Waals surface area contributed by atoms with Crippen molar-refractivity contribution in [3.05, 3.63) is 12.2 Å². The van der Waals surface area contributed by atoms with Crippen molar-refractivity contribution in [2.24, 2.45) is 11.8 Å². The van der Waals surface area contributed by atoms with Crippen LogP contribution in [0.5, 0.6) is 0 Å². The van der Waals surface area contributed by atoms with E-state index in [4.69, 9.17) is 4.43 Å².